The number of alkyl halides is 3. The van der Waals surface area contributed by atoms with Crippen LogP contribution in [0, 0.1) is 5.82 Å². The van der Waals surface area contributed by atoms with Crippen molar-refractivity contribution in [2.75, 3.05) is 0 Å². The fourth-order valence-electron chi connectivity index (χ4n) is 1.42. The first-order chi connectivity index (χ1) is 7.91. The average Bonchev–Trinajstić information content (AvgIpc) is 2.26. The van der Waals surface area contributed by atoms with Crippen LogP contribution in [-0.4, -0.2) is 15.0 Å². The van der Waals surface area contributed by atoms with Crippen LogP contribution in [0.5, 0.6) is 0 Å². The maximum atomic E-state index is 13.0. The van der Waals surface area contributed by atoms with Gasteiger partial charge < -0.3 is 0 Å². The largest absolute Gasteiger partial charge is 0.433 e. The van der Waals surface area contributed by atoms with E-state index in [0.717, 1.165) is 18.2 Å². The van der Waals surface area contributed by atoms with E-state index in [0.29, 0.717) is 0 Å². The van der Waals surface area contributed by atoms with Crippen LogP contribution in [0.25, 0.3) is 10.9 Å². The van der Waals surface area contributed by atoms with E-state index in [2.05, 4.69) is 19.7 Å². The number of pyridine rings is 1. The minimum absolute atomic E-state index is 0.0153. The van der Waals surface area contributed by atoms with Gasteiger partial charge in [0.1, 0.15) is 11.5 Å². The predicted octanol–water partition coefficient (Wildman–Crippen LogP) is 3.38. The Morgan fingerprint density at radius 2 is 1.88 bits per heavy atom. The fraction of sp³-hybridized carbons (Fsp3) is 0.100. The minimum Gasteiger partial charge on any atom is -0.298 e. The smallest absolute Gasteiger partial charge is 0.298 e. The molecule has 1 aromatic carbocycles. The van der Waals surface area contributed by atoms with Gasteiger partial charge in [0.2, 0.25) is 0 Å². The summed E-state index contributed by atoms with van der Waals surface area (Å²) in [4.78, 5) is 3.42. The van der Waals surface area contributed by atoms with Crippen molar-refractivity contribution in [2.24, 2.45) is 4.63 Å². The molecule has 86 valence electrons. The molecular weight excluding hydrogens is 252 g/mol. The van der Waals surface area contributed by atoms with E-state index in [4.69, 9.17) is 0 Å². The summed E-state index contributed by atoms with van der Waals surface area (Å²) in [5.41, 5.74) is -1.04. The topological polar surface area (TPSA) is 25.2 Å². The minimum atomic E-state index is -4.56. The molecule has 0 aliphatic carbocycles. The predicted molar refractivity (Wildman–Crippen MR) is 54.5 cm³/mol. The molecule has 7 heteroatoms. The highest BCUT2D eigenvalue weighted by Crippen LogP contribution is 2.34. The third kappa shape index (κ3) is 2.23. The lowest BCUT2D eigenvalue weighted by Gasteiger charge is -2.09. The van der Waals surface area contributed by atoms with Crippen molar-refractivity contribution >= 4 is 26.6 Å². The Hall–Kier alpha value is -1.63. The summed E-state index contributed by atoms with van der Waals surface area (Å²) in [6, 6.07) is 4.07. The van der Waals surface area contributed by atoms with E-state index in [1.165, 1.54) is 6.07 Å². The number of benzene rings is 1. The Labute approximate surface area is 96.4 Å². The summed E-state index contributed by atoms with van der Waals surface area (Å²) in [7, 11) is 2.76. The zero-order chi connectivity index (χ0) is 12.6. The average molecular weight is 256 g/mol. The molecule has 0 spiro atoms. The van der Waals surface area contributed by atoms with Crippen LogP contribution in [0.1, 0.15) is 5.69 Å². The van der Waals surface area contributed by atoms with E-state index in [9.17, 15) is 17.6 Å². The van der Waals surface area contributed by atoms with E-state index in [1.54, 1.807) is 0 Å². The van der Waals surface area contributed by atoms with Gasteiger partial charge in [0.05, 0.1) is 11.2 Å². The third-order valence-corrected chi connectivity index (χ3v) is 2.40. The van der Waals surface area contributed by atoms with Crippen molar-refractivity contribution in [3.05, 3.63) is 35.8 Å². The summed E-state index contributed by atoms with van der Waals surface area (Å²) in [5.74, 6) is -0.560. The van der Waals surface area contributed by atoms with Gasteiger partial charge in [-0.1, -0.05) is 0 Å². The number of fused-ring (bicyclic) bond motifs is 1. The Bertz CT molecular complexity index is 595. The molecule has 2 rings (SSSR count). The molecule has 0 bridgehead atoms. The van der Waals surface area contributed by atoms with Gasteiger partial charge in [-0.05, 0) is 24.3 Å². The molecule has 0 N–H and O–H groups in total. The number of hydrogen-bond donors (Lipinski definition) is 0. The lowest BCUT2D eigenvalue weighted by Crippen LogP contribution is -2.07. The Morgan fingerprint density at radius 3 is 2.47 bits per heavy atom. The highest BCUT2D eigenvalue weighted by molar-refractivity contribution is 5.99. The van der Waals surface area contributed by atoms with Gasteiger partial charge in [-0.3, -0.25) is 4.63 Å². The number of nitrogens with zero attached hydrogens (tertiary/aromatic N) is 2. The van der Waals surface area contributed by atoms with Crippen molar-refractivity contribution in [1.29, 1.82) is 0 Å². The molecule has 0 unspecified atom stereocenters. The van der Waals surface area contributed by atoms with Crippen molar-refractivity contribution in [2.45, 2.75) is 6.18 Å². The standard InChI is InChI=1S/C10H4F4N2Si/c11-5-1-2-7-6(3-5)8(16-17)4-9(15-7)10(12,13)14/h1-4H. The molecule has 0 saturated heterocycles. The summed E-state index contributed by atoms with van der Waals surface area (Å²) in [6.45, 7) is 0. The van der Waals surface area contributed by atoms with E-state index < -0.39 is 17.7 Å². The number of aromatic nitrogens is 1. The molecule has 0 amide bonds. The van der Waals surface area contributed by atoms with Gasteiger partial charge in [0.25, 0.3) is 0 Å². The molecule has 1 aromatic heterocycles. The lowest BCUT2D eigenvalue weighted by atomic mass is 10.1. The van der Waals surface area contributed by atoms with Crippen LogP contribution in [0.3, 0.4) is 0 Å². The molecule has 0 atom stereocenters. The Morgan fingerprint density at radius 1 is 1.18 bits per heavy atom. The summed E-state index contributed by atoms with van der Waals surface area (Å²) in [6.07, 6.45) is -4.56. The molecule has 17 heavy (non-hydrogen) atoms. The lowest BCUT2D eigenvalue weighted by molar-refractivity contribution is -0.140. The van der Waals surface area contributed by atoms with Gasteiger partial charge in [-0.25, -0.2) is 9.37 Å². The fourth-order valence-corrected chi connectivity index (χ4v) is 1.60. The third-order valence-electron chi connectivity index (χ3n) is 2.16. The first-order valence-electron chi connectivity index (χ1n) is 4.47. The van der Waals surface area contributed by atoms with Gasteiger partial charge >= 0.3 is 6.18 Å². The number of rotatable bonds is 1. The van der Waals surface area contributed by atoms with Crippen LogP contribution in [0.15, 0.2) is 28.9 Å². The van der Waals surface area contributed by atoms with E-state index >= 15 is 0 Å². The van der Waals surface area contributed by atoms with Crippen LogP contribution in [0.2, 0.25) is 0 Å². The van der Waals surface area contributed by atoms with Crippen molar-refractivity contribution in [3.8, 4) is 0 Å². The quantitative estimate of drug-likeness (QED) is 0.567. The van der Waals surface area contributed by atoms with Crippen LogP contribution >= 0.6 is 0 Å². The molecule has 0 fully saturated rings. The van der Waals surface area contributed by atoms with Crippen LogP contribution in [0.4, 0.5) is 23.2 Å². The second kappa shape index (κ2) is 3.99. The second-order valence-electron chi connectivity index (χ2n) is 3.30. The molecule has 2 aromatic rings. The highest BCUT2D eigenvalue weighted by atomic mass is 28.1. The maximum absolute atomic E-state index is 13.0. The monoisotopic (exact) mass is 256 g/mol. The summed E-state index contributed by atoms with van der Waals surface area (Å²) < 4.78 is 54.0. The van der Waals surface area contributed by atoms with Crippen LogP contribution < -0.4 is 0 Å². The van der Waals surface area contributed by atoms with Crippen molar-refractivity contribution in [1.82, 2.24) is 4.98 Å². The molecule has 0 saturated carbocycles. The summed E-state index contributed by atoms with van der Waals surface area (Å²) in [5, 5.41) is 0.216. The first-order valence-corrected chi connectivity index (χ1v) is 4.91. The molecular formula is C10H4F4N2Si. The molecule has 1 heterocycles. The maximum Gasteiger partial charge on any atom is 0.433 e. The zero-order valence-electron chi connectivity index (χ0n) is 8.22. The molecule has 2 nitrogen and oxygen atoms in total. The normalized spacial score (nSPS) is 11.8. The SMILES string of the molecule is Fc1ccc2nc(C(F)(F)F)cc(N=[Si])c2c1. The van der Waals surface area contributed by atoms with Crippen molar-refractivity contribution in [3.63, 3.8) is 0 Å². The van der Waals surface area contributed by atoms with Gasteiger partial charge in [-0.15, -0.1) is 0 Å². The van der Waals surface area contributed by atoms with Gasteiger partial charge in [0.15, 0.2) is 10.0 Å². The molecule has 0 aliphatic heterocycles. The highest BCUT2D eigenvalue weighted by Gasteiger charge is 2.33. The Kier molecular flexibility index (Phi) is 2.78. The number of hydrogen-bond acceptors (Lipinski definition) is 2. The second-order valence-corrected chi connectivity index (χ2v) is 3.52. The van der Waals surface area contributed by atoms with E-state index in [-0.39, 0.29) is 16.6 Å². The number of halogens is 4. The Balaban J connectivity index is 2.79. The molecule has 2 radical (unpaired) electrons. The first kappa shape index (κ1) is 11.8. The van der Waals surface area contributed by atoms with Crippen molar-refractivity contribution < 1.29 is 17.6 Å². The van der Waals surface area contributed by atoms with Gasteiger partial charge in [-0.2, -0.15) is 13.2 Å². The summed E-state index contributed by atoms with van der Waals surface area (Å²) >= 11 is 0. The molecule has 0 aliphatic rings. The zero-order valence-corrected chi connectivity index (χ0v) is 9.22. The van der Waals surface area contributed by atoms with E-state index in [1.807, 2.05) is 0 Å². The van der Waals surface area contributed by atoms with Gasteiger partial charge in [0, 0.05) is 5.39 Å². The van der Waals surface area contributed by atoms with Crippen LogP contribution in [-0.2, 0) is 6.18 Å².